The first-order valence-corrected chi connectivity index (χ1v) is 4.65. The molecular formula is C10H14N4O. The second-order valence-corrected chi connectivity index (χ2v) is 2.90. The third-order valence-corrected chi connectivity index (χ3v) is 1.63. The van der Waals surface area contributed by atoms with Gasteiger partial charge in [0.05, 0.1) is 6.21 Å². The number of rotatable bonds is 3. The summed E-state index contributed by atoms with van der Waals surface area (Å²) in [6.07, 6.45) is 1.53. The molecule has 0 saturated carbocycles. The maximum Gasteiger partial charge on any atom is 0.335 e. The first-order valence-electron chi connectivity index (χ1n) is 4.65. The van der Waals surface area contributed by atoms with Crippen LogP contribution in [0.2, 0.25) is 0 Å². The number of nitrogens with zero attached hydrogens (tertiary/aromatic N) is 1. The van der Waals surface area contributed by atoms with E-state index in [0.717, 1.165) is 5.56 Å². The number of urea groups is 1. The van der Waals surface area contributed by atoms with E-state index in [9.17, 15) is 4.79 Å². The maximum atomic E-state index is 10.9. The van der Waals surface area contributed by atoms with E-state index < -0.39 is 0 Å². The molecule has 0 unspecified atom stereocenters. The molecule has 0 aliphatic heterocycles. The van der Waals surface area contributed by atoms with Crippen LogP contribution >= 0.6 is 0 Å². The minimum absolute atomic E-state index is 0.322. The van der Waals surface area contributed by atoms with Gasteiger partial charge >= 0.3 is 6.03 Å². The fourth-order valence-corrected chi connectivity index (χ4v) is 1.00. The van der Waals surface area contributed by atoms with E-state index >= 15 is 0 Å². The summed E-state index contributed by atoms with van der Waals surface area (Å²) in [5, 5.41) is 6.31. The topological polar surface area (TPSA) is 79.5 Å². The maximum absolute atomic E-state index is 10.9. The van der Waals surface area contributed by atoms with Crippen LogP contribution in [0.15, 0.2) is 29.4 Å². The summed E-state index contributed by atoms with van der Waals surface area (Å²) in [7, 11) is 0. The summed E-state index contributed by atoms with van der Waals surface area (Å²) in [4.78, 5) is 10.9. The molecule has 0 spiro atoms. The molecule has 0 atom stereocenters. The molecule has 0 heterocycles. The van der Waals surface area contributed by atoms with Gasteiger partial charge in [-0.15, -0.1) is 0 Å². The first kappa shape index (κ1) is 11.0. The van der Waals surface area contributed by atoms with E-state index in [1.54, 1.807) is 12.1 Å². The molecule has 2 amide bonds. The number of carbonyl (C=O) groups excluding carboxylic acids is 1. The second kappa shape index (κ2) is 5.64. The summed E-state index contributed by atoms with van der Waals surface area (Å²) >= 11 is 0. The summed E-state index contributed by atoms with van der Waals surface area (Å²) in [5.41, 5.74) is 9.41. The highest BCUT2D eigenvalue weighted by molar-refractivity contribution is 5.82. The second-order valence-electron chi connectivity index (χ2n) is 2.90. The quantitative estimate of drug-likeness (QED) is 0.390. The van der Waals surface area contributed by atoms with Gasteiger partial charge in [0, 0.05) is 12.2 Å². The number of hydrogen-bond donors (Lipinski definition) is 3. The van der Waals surface area contributed by atoms with Crippen molar-refractivity contribution in [1.82, 2.24) is 10.7 Å². The summed E-state index contributed by atoms with van der Waals surface area (Å²) in [5.74, 6) is 0. The molecular weight excluding hydrogens is 192 g/mol. The molecule has 5 nitrogen and oxygen atoms in total. The SMILES string of the molecule is CCNC(=O)NN=Cc1cccc(N)c1. The number of amides is 2. The van der Waals surface area contributed by atoms with E-state index in [-0.39, 0.29) is 6.03 Å². The Hall–Kier alpha value is -2.04. The normalized spacial score (nSPS) is 10.2. The van der Waals surface area contributed by atoms with Crippen LogP contribution in [0, 0.1) is 0 Å². The van der Waals surface area contributed by atoms with Gasteiger partial charge in [-0.3, -0.25) is 0 Å². The molecule has 15 heavy (non-hydrogen) atoms. The van der Waals surface area contributed by atoms with E-state index in [1.165, 1.54) is 6.21 Å². The predicted molar refractivity (Wildman–Crippen MR) is 60.7 cm³/mol. The highest BCUT2D eigenvalue weighted by Crippen LogP contribution is 2.03. The molecule has 5 heteroatoms. The lowest BCUT2D eigenvalue weighted by Crippen LogP contribution is -2.31. The molecule has 0 aromatic heterocycles. The van der Waals surface area contributed by atoms with Crippen LogP contribution in [0.25, 0.3) is 0 Å². The van der Waals surface area contributed by atoms with E-state index in [2.05, 4.69) is 15.8 Å². The molecule has 1 aromatic rings. The Labute approximate surface area is 88.4 Å². The van der Waals surface area contributed by atoms with Gasteiger partial charge in [-0.25, -0.2) is 10.2 Å². The number of nitrogen functional groups attached to an aromatic ring is 1. The van der Waals surface area contributed by atoms with Crippen molar-refractivity contribution >= 4 is 17.9 Å². The Morgan fingerprint density at radius 2 is 2.40 bits per heavy atom. The Bertz CT molecular complexity index is 362. The predicted octanol–water partition coefficient (Wildman–Crippen LogP) is 0.922. The lowest BCUT2D eigenvalue weighted by molar-refractivity contribution is 0.242. The number of benzene rings is 1. The van der Waals surface area contributed by atoms with Gasteiger partial charge in [-0.1, -0.05) is 12.1 Å². The largest absolute Gasteiger partial charge is 0.399 e. The number of carbonyl (C=O) groups is 1. The third-order valence-electron chi connectivity index (χ3n) is 1.63. The van der Waals surface area contributed by atoms with Gasteiger partial charge < -0.3 is 11.1 Å². The van der Waals surface area contributed by atoms with Crippen molar-refractivity contribution in [3.8, 4) is 0 Å². The highest BCUT2D eigenvalue weighted by atomic mass is 16.2. The van der Waals surface area contributed by atoms with Gasteiger partial charge in [-0.05, 0) is 24.6 Å². The summed E-state index contributed by atoms with van der Waals surface area (Å²) in [6, 6.07) is 6.90. The minimum Gasteiger partial charge on any atom is -0.399 e. The average Bonchev–Trinajstić information content (AvgIpc) is 2.18. The lowest BCUT2D eigenvalue weighted by Gasteiger charge is -1.99. The zero-order valence-electron chi connectivity index (χ0n) is 8.53. The van der Waals surface area contributed by atoms with E-state index in [0.29, 0.717) is 12.2 Å². The molecule has 1 rings (SSSR count). The zero-order valence-corrected chi connectivity index (χ0v) is 8.53. The summed E-state index contributed by atoms with van der Waals surface area (Å²) < 4.78 is 0. The molecule has 1 aromatic carbocycles. The van der Waals surface area contributed by atoms with Gasteiger partial charge in [0.15, 0.2) is 0 Å². The van der Waals surface area contributed by atoms with Crippen molar-refractivity contribution in [1.29, 1.82) is 0 Å². The average molecular weight is 206 g/mol. The van der Waals surface area contributed by atoms with E-state index in [4.69, 9.17) is 5.73 Å². The molecule has 0 aliphatic rings. The van der Waals surface area contributed by atoms with Crippen molar-refractivity contribution in [2.75, 3.05) is 12.3 Å². The smallest absolute Gasteiger partial charge is 0.335 e. The van der Waals surface area contributed by atoms with Crippen LogP contribution in [-0.2, 0) is 0 Å². The highest BCUT2D eigenvalue weighted by Gasteiger charge is 1.93. The Morgan fingerprint density at radius 3 is 3.07 bits per heavy atom. The molecule has 80 valence electrons. The monoisotopic (exact) mass is 206 g/mol. The molecule has 0 aliphatic carbocycles. The minimum atomic E-state index is -0.322. The molecule has 0 radical (unpaired) electrons. The van der Waals surface area contributed by atoms with Crippen molar-refractivity contribution in [2.45, 2.75) is 6.92 Å². The van der Waals surface area contributed by atoms with Gasteiger partial charge in [0.2, 0.25) is 0 Å². The zero-order chi connectivity index (χ0) is 11.1. The van der Waals surface area contributed by atoms with Crippen molar-refractivity contribution in [2.24, 2.45) is 5.10 Å². The Kier molecular flexibility index (Phi) is 4.15. The van der Waals surface area contributed by atoms with E-state index in [1.807, 2.05) is 19.1 Å². The Morgan fingerprint density at radius 1 is 1.60 bits per heavy atom. The number of nitrogens with one attached hydrogen (secondary N) is 2. The molecule has 0 fully saturated rings. The molecule has 4 N–H and O–H groups in total. The van der Waals surface area contributed by atoms with Crippen LogP contribution in [0.4, 0.5) is 10.5 Å². The summed E-state index contributed by atoms with van der Waals surface area (Å²) in [6.45, 7) is 2.40. The van der Waals surface area contributed by atoms with Gasteiger partial charge in [0.1, 0.15) is 0 Å². The number of nitrogens with two attached hydrogens (primary N) is 1. The Balaban J connectivity index is 2.48. The number of anilines is 1. The number of hydrogen-bond acceptors (Lipinski definition) is 3. The van der Waals surface area contributed by atoms with Crippen LogP contribution in [0.5, 0.6) is 0 Å². The van der Waals surface area contributed by atoms with Crippen molar-refractivity contribution in [3.05, 3.63) is 29.8 Å². The first-order chi connectivity index (χ1) is 7.22. The van der Waals surface area contributed by atoms with Crippen LogP contribution in [0.3, 0.4) is 0 Å². The van der Waals surface area contributed by atoms with Crippen molar-refractivity contribution in [3.63, 3.8) is 0 Å². The van der Waals surface area contributed by atoms with Gasteiger partial charge in [-0.2, -0.15) is 5.10 Å². The molecule has 0 bridgehead atoms. The fraction of sp³-hybridized carbons (Fsp3) is 0.200. The van der Waals surface area contributed by atoms with Crippen LogP contribution in [0.1, 0.15) is 12.5 Å². The number of hydrazone groups is 1. The van der Waals surface area contributed by atoms with Crippen LogP contribution < -0.4 is 16.5 Å². The molecule has 0 saturated heterocycles. The van der Waals surface area contributed by atoms with Crippen molar-refractivity contribution < 1.29 is 4.79 Å². The fourth-order valence-electron chi connectivity index (χ4n) is 1.00. The van der Waals surface area contributed by atoms with Gasteiger partial charge in [0.25, 0.3) is 0 Å². The lowest BCUT2D eigenvalue weighted by atomic mass is 10.2. The van der Waals surface area contributed by atoms with Crippen LogP contribution in [-0.4, -0.2) is 18.8 Å². The standard InChI is InChI=1S/C10H14N4O/c1-2-12-10(15)14-13-7-8-4-3-5-9(11)6-8/h3-7H,2,11H2,1H3,(H2,12,14,15). The third kappa shape index (κ3) is 4.12.